The van der Waals surface area contributed by atoms with Gasteiger partial charge < -0.3 is 4.90 Å². The number of carbonyl (C=O) groups is 3. The van der Waals surface area contributed by atoms with E-state index in [0.717, 1.165) is 10.5 Å². The van der Waals surface area contributed by atoms with E-state index in [9.17, 15) is 18.8 Å². The molecule has 0 spiro atoms. The SMILES string of the molecule is C[C@H](c1ccc(F)cc1)N(C)C(=O)CN1C(=O)[C@H]2CC=CC[C@H]2C1=O. The van der Waals surface area contributed by atoms with Gasteiger partial charge in [0.1, 0.15) is 12.4 Å². The van der Waals surface area contributed by atoms with E-state index in [2.05, 4.69) is 0 Å². The van der Waals surface area contributed by atoms with Gasteiger partial charge in [0.15, 0.2) is 0 Å². The van der Waals surface area contributed by atoms with E-state index < -0.39 is 0 Å². The van der Waals surface area contributed by atoms with Gasteiger partial charge in [0.05, 0.1) is 17.9 Å². The van der Waals surface area contributed by atoms with Gasteiger partial charge in [-0.25, -0.2) is 4.39 Å². The number of benzene rings is 1. The second-order valence-electron chi connectivity index (χ2n) is 6.65. The molecule has 5 nitrogen and oxygen atoms in total. The Hall–Kier alpha value is -2.50. The van der Waals surface area contributed by atoms with E-state index in [1.165, 1.54) is 17.0 Å². The maximum Gasteiger partial charge on any atom is 0.242 e. The van der Waals surface area contributed by atoms with Gasteiger partial charge in [0.2, 0.25) is 17.7 Å². The van der Waals surface area contributed by atoms with Crippen LogP contribution in [0.3, 0.4) is 0 Å². The number of likely N-dealkylation sites (tertiary alicyclic amines) is 1. The summed E-state index contributed by atoms with van der Waals surface area (Å²) >= 11 is 0. The number of fused-ring (bicyclic) bond motifs is 1. The van der Waals surface area contributed by atoms with Crippen molar-refractivity contribution in [3.8, 4) is 0 Å². The third-order valence-electron chi connectivity index (χ3n) is 5.22. The lowest BCUT2D eigenvalue weighted by Gasteiger charge is -2.27. The van der Waals surface area contributed by atoms with E-state index in [0.29, 0.717) is 12.8 Å². The zero-order valence-corrected chi connectivity index (χ0v) is 14.3. The predicted molar refractivity (Wildman–Crippen MR) is 89.7 cm³/mol. The average Bonchev–Trinajstić information content (AvgIpc) is 2.86. The summed E-state index contributed by atoms with van der Waals surface area (Å²) in [5.41, 5.74) is 0.786. The number of amides is 3. The molecule has 0 saturated carbocycles. The van der Waals surface area contributed by atoms with Crippen molar-refractivity contribution < 1.29 is 18.8 Å². The Morgan fingerprint density at radius 2 is 1.68 bits per heavy atom. The first-order chi connectivity index (χ1) is 11.9. The van der Waals surface area contributed by atoms with E-state index in [-0.39, 0.29) is 48.0 Å². The highest BCUT2D eigenvalue weighted by Gasteiger charge is 2.47. The Balaban J connectivity index is 1.68. The van der Waals surface area contributed by atoms with Crippen LogP contribution in [-0.2, 0) is 14.4 Å². The molecular weight excluding hydrogens is 323 g/mol. The second kappa shape index (κ2) is 6.78. The maximum absolute atomic E-state index is 13.0. The normalized spacial score (nSPS) is 23.6. The van der Waals surface area contributed by atoms with Gasteiger partial charge in [-0.3, -0.25) is 19.3 Å². The number of nitrogens with zero attached hydrogens (tertiary/aromatic N) is 2. The summed E-state index contributed by atoms with van der Waals surface area (Å²) in [5, 5.41) is 0. The minimum atomic E-state index is -0.339. The van der Waals surface area contributed by atoms with E-state index in [1.807, 2.05) is 19.1 Å². The topological polar surface area (TPSA) is 57.7 Å². The highest BCUT2D eigenvalue weighted by atomic mass is 19.1. The molecule has 25 heavy (non-hydrogen) atoms. The summed E-state index contributed by atoms with van der Waals surface area (Å²) in [4.78, 5) is 40.0. The first-order valence-electron chi connectivity index (χ1n) is 8.41. The molecule has 1 aliphatic heterocycles. The minimum Gasteiger partial charge on any atom is -0.337 e. The van der Waals surface area contributed by atoms with Crippen LogP contribution >= 0.6 is 0 Å². The Morgan fingerprint density at radius 3 is 2.20 bits per heavy atom. The molecule has 132 valence electrons. The van der Waals surface area contributed by atoms with E-state index in [4.69, 9.17) is 0 Å². The number of allylic oxidation sites excluding steroid dienone is 2. The lowest BCUT2D eigenvalue weighted by Crippen LogP contribution is -2.42. The molecule has 6 heteroatoms. The van der Waals surface area contributed by atoms with Gasteiger partial charge in [0, 0.05) is 7.05 Å². The Labute approximate surface area is 146 Å². The van der Waals surface area contributed by atoms with Gasteiger partial charge in [-0.15, -0.1) is 0 Å². The van der Waals surface area contributed by atoms with Crippen molar-refractivity contribution in [1.82, 2.24) is 9.80 Å². The van der Waals surface area contributed by atoms with Crippen LogP contribution < -0.4 is 0 Å². The van der Waals surface area contributed by atoms with Crippen LogP contribution in [0.1, 0.15) is 31.4 Å². The molecule has 0 unspecified atom stereocenters. The number of halogens is 1. The first-order valence-corrected chi connectivity index (χ1v) is 8.41. The third kappa shape index (κ3) is 3.21. The highest BCUT2D eigenvalue weighted by Crippen LogP contribution is 2.35. The zero-order chi connectivity index (χ0) is 18.1. The molecule has 0 aromatic heterocycles. The largest absolute Gasteiger partial charge is 0.337 e. The van der Waals surface area contributed by atoms with Crippen LogP contribution in [0, 0.1) is 17.7 Å². The van der Waals surface area contributed by atoms with E-state index >= 15 is 0 Å². The van der Waals surface area contributed by atoms with Gasteiger partial charge in [-0.2, -0.15) is 0 Å². The molecule has 3 amide bonds. The van der Waals surface area contributed by atoms with Crippen LogP contribution in [0.4, 0.5) is 4.39 Å². The Bertz CT molecular complexity index is 703. The van der Waals surface area contributed by atoms with Crippen LogP contribution in [0.5, 0.6) is 0 Å². The number of imide groups is 1. The number of likely N-dealkylation sites (N-methyl/N-ethyl adjacent to an activating group) is 1. The van der Waals surface area contributed by atoms with Crippen molar-refractivity contribution in [2.75, 3.05) is 13.6 Å². The zero-order valence-electron chi connectivity index (χ0n) is 14.3. The molecule has 1 aliphatic carbocycles. The van der Waals surface area contributed by atoms with Crippen LogP contribution in [0.15, 0.2) is 36.4 Å². The van der Waals surface area contributed by atoms with Crippen molar-refractivity contribution in [3.63, 3.8) is 0 Å². The molecule has 1 saturated heterocycles. The first kappa shape index (κ1) is 17.3. The number of hydrogen-bond acceptors (Lipinski definition) is 3. The maximum atomic E-state index is 13.0. The standard InChI is InChI=1S/C19H21FN2O3/c1-12(13-7-9-14(20)10-8-13)21(2)17(23)11-22-18(24)15-5-3-4-6-16(15)19(22)25/h3-4,7-10,12,15-16H,5-6,11H2,1-2H3/t12-,15-,16+/m1/s1. The van der Waals surface area contributed by atoms with Gasteiger partial charge in [-0.05, 0) is 37.5 Å². The molecule has 1 aromatic rings. The smallest absolute Gasteiger partial charge is 0.242 e. The lowest BCUT2D eigenvalue weighted by molar-refractivity contribution is -0.146. The van der Waals surface area contributed by atoms with Crippen molar-refractivity contribution in [2.24, 2.45) is 11.8 Å². The fraction of sp³-hybridized carbons (Fsp3) is 0.421. The highest BCUT2D eigenvalue weighted by molar-refractivity contribution is 6.07. The second-order valence-corrected chi connectivity index (χ2v) is 6.65. The van der Waals surface area contributed by atoms with Crippen LogP contribution in [0.2, 0.25) is 0 Å². The molecule has 2 aliphatic rings. The van der Waals surface area contributed by atoms with Crippen molar-refractivity contribution >= 4 is 17.7 Å². The van der Waals surface area contributed by atoms with Crippen molar-refractivity contribution in [1.29, 1.82) is 0 Å². The van der Waals surface area contributed by atoms with E-state index in [1.54, 1.807) is 19.2 Å². The molecule has 1 heterocycles. The average molecular weight is 344 g/mol. The van der Waals surface area contributed by atoms with Gasteiger partial charge in [0.25, 0.3) is 0 Å². The minimum absolute atomic E-state index is 0.243. The molecule has 0 radical (unpaired) electrons. The molecule has 0 N–H and O–H groups in total. The quantitative estimate of drug-likeness (QED) is 0.622. The molecule has 0 bridgehead atoms. The fourth-order valence-electron chi connectivity index (χ4n) is 3.45. The molecule has 3 rings (SSSR count). The van der Waals surface area contributed by atoms with Gasteiger partial charge in [-0.1, -0.05) is 24.3 Å². The monoisotopic (exact) mass is 344 g/mol. The molecule has 1 aromatic carbocycles. The summed E-state index contributed by atoms with van der Waals surface area (Å²) < 4.78 is 13.0. The summed E-state index contributed by atoms with van der Waals surface area (Å²) in [7, 11) is 1.62. The number of carbonyl (C=O) groups excluding carboxylic acids is 3. The Kier molecular flexibility index (Phi) is 4.70. The van der Waals surface area contributed by atoms with Crippen LogP contribution in [0.25, 0.3) is 0 Å². The third-order valence-corrected chi connectivity index (χ3v) is 5.22. The fourth-order valence-corrected chi connectivity index (χ4v) is 3.45. The number of rotatable bonds is 4. The Morgan fingerprint density at radius 1 is 1.16 bits per heavy atom. The number of hydrogen-bond donors (Lipinski definition) is 0. The predicted octanol–water partition coefficient (Wildman–Crippen LogP) is 2.30. The summed E-state index contributed by atoms with van der Waals surface area (Å²) in [6.07, 6.45) is 4.95. The summed E-state index contributed by atoms with van der Waals surface area (Å²) in [6, 6.07) is 5.64. The summed E-state index contributed by atoms with van der Waals surface area (Å²) in [6.45, 7) is 1.58. The van der Waals surface area contributed by atoms with Crippen LogP contribution in [-0.4, -0.2) is 41.1 Å². The molecule has 1 fully saturated rings. The molecular formula is C19H21FN2O3. The van der Waals surface area contributed by atoms with Gasteiger partial charge >= 0.3 is 0 Å². The van der Waals surface area contributed by atoms with Crippen molar-refractivity contribution in [2.45, 2.75) is 25.8 Å². The lowest BCUT2D eigenvalue weighted by atomic mass is 9.85. The summed E-state index contributed by atoms with van der Waals surface area (Å²) in [5.74, 6) is -1.82. The molecule has 3 atom stereocenters. The van der Waals surface area contributed by atoms with Crippen molar-refractivity contribution in [3.05, 3.63) is 47.8 Å².